The second-order valence-electron chi connectivity index (χ2n) is 37.8. The number of aromatic nitrogens is 12. The number of aryl methyl sites for hydroxylation is 10. The Labute approximate surface area is 761 Å². The van der Waals surface area contributed by atoms with Gasteiger partial charge in [-0.25, -0.2) is 19.9 Å². The van der Waals surface area contributed by atoms with Gasteiger partial charge in [-0.15, -0.1) is 0 Å². The van der Waals surface area contributed by atoms with Gasteiger partial charge in [-0.1, -0.05) is 102 Å². The van der Waals surface area contributed by atoms with E-state index >= 15 is 0 Å². The van der Waals surface area contributed by atoms with Crippen molar-refractivity contribution in [2.75, 3.05) is 52.4 Å². The molecule has 4 saturated heterocycles. The summed E-state index contributed by atoms with van der Waals surface area (Å²) in [6.45, 7) is 26.4. The lowest BCUT2D eigenvalue weighted by molar-refractivity contribution is -0.125. The minimum atomic E-state index is 0.0541. The molecule has 130 heavy (non-hydrogen) atoms. The van der Waals surface area contributed by atoms with Crippen molar-refractivity contribution >= 4 is 111 Å². The number of piperidine rings is 4. The zero-order valence-corrected chi connectivity index (χ0v) is 76.5. The van der Waals surface area contributed by atoms with Gasteiger partial charge < -0.3 is 39.9 Å². The molecule has 668 valence electrons. The van der Waals surface area contributed by atoms with Crippen LogP contribution >= 0.6 is 0 Å². The summed E-state index contributed by atoms with van der Waals surface area (Å²) < 4.78 is 0. The molecule has 8 aromatic heterocycles. The van der Waals surface area contributed by atoms with Crippen LogP contribution in [0.2, 0.25) is 0 Å². The number of likely N-dealkylation sites (tertiary alicyclic amines) is 4. The fourth-order valence-electron chi connectivity index (χ4n) is 20.3. The third kappa shape index (κ3) is 21.5. The molecule has 21 rings (SSSR count). The molecule has 0 amide bonds. The maximum Gasteiger partial charge on any atom is 0.136 e. The third-order valence-electron chi connectivity index (χ3n) is 28.1. The highest BCUT2D eigenvalue weighted by Gasteiger charge is 2.32. The highest BCUT2D eigenvalue weighted by Crippen LogP contribution is 2.35. The summed E-state index contributed by atoms with van der Waals surface area (Å²) in [4.78, 5) is 108. The molecular formula is C110H124N16O4. The molecule has 8 N–H and O–H groups in total. The number of H-pyrrole nitrogens is 8. The molecule has 20 heteroatoms. The van der Waals surface area contributed by atoms with Crippen LogP contribution in [-0.2, 0) is 71.0 Å². The summed E-state index contributed by atoms with van der Waals surface area (Å²) in [6.07, 6.45) is 21.2. The van der Waals surface area contributed by atoms with Gasteiger partial charge in [-0.2, -0.15) is 0 Å². The van der Waals surface area contributed by atoms with E-state index in [2.05, 4.69) is 271 Å². The molecule has 20 nitrogen and oxygen atoms in total. The fraction of sp³-hybridized carbons (Fsp3) is 0.364. The highest BCUT2D eigenvalue weighted by molar-refractivity contribution is 5.89. The number of Topliss-reactive ketones (excluding diaryl/α,β-unsaturated/α-hetero) is 4. The summed E-state index contributed by atoms with van der Waals surface area (Å²) in [6, 6.07) is 63.7. The number of benzene rings is 9. The van der Waals surface area contributed by atoms with Gasteiger partial charge >= 0.3 is 0 Å². The van der Waals surface area contributed by atoms with E-state index < -0.39 is 0 Å². The molecule has 1 atom stereocenters. The SMILES string of the molecule is Cc1ccc2[nH]cc(CN3CCC(C(=O)CCc4nc5c(C)cccc5[nH]4)CC3)c2c1.Cc1ccc2[nH]cc(CN3CCC(C(=O)CCc4nc5cc(C)c(C)cc5[nH]4)CC3)c2c1.Cc1ccc2nc(CCC(=O)C3CCN(Cc4c[nH]c5ccc(C)cc45)CC3)[nH]c2c1.O=C(CC(Cc1ccccc1)c1nc2ccccc2[nH]1)C1CCN(Cc2ccc3[nH]ccc3c2)CC1. The number of para-hydroxylation sites is 3. The Morgan fingerprint density at radius 3 is 1.31 bits per heavy atom. The molecule has 4 aliphatic rings. The Hall–Kier alpha value is -12.5. The number of carbonyl (C=O) groups is 4. The second kappa shape index (κ2) is 40.3. The van der Waals surface area contributed by atoms with Gasteiger partial charge in [0.15, 0.2) is 0 Å². The minimum absolute atomic E-state index is 0.0541. The summed E-state index contributed by atoms with van der Waals surface area (Å²) in [5.41, 5.74) is 28.3. The Balaban J connectivity index is 0.000000117. The molecular weight excluding hydrogens is 1610 g/mol. The number of fused-ring (bicyclic) bond motifs is 8. The van der Waals surface area contributed by atoms with Crippen molar-refractivity contribution in [2.24, 2.45) is 23.7 Å². The van der Waals surface area contributed by atoms with Crippen LogP contribution < -0.4 is 0 Å². The monoisotopic (exact) mass is 1730 g/mol. The van der Waals surface area contributed by atoms with Crippen molar-refractivity contribution in [1.29, 1.82) is 0 Å². The van der Waals surface area contributed by atoms with Gasteiger partial charge in [0.25, 0.3) is 0 Å². The van der Waals surface area contributed by atoms with Crippen molar-refractivity contribution in [3.63, 3.8) is 0 Å². The molecule has 0 saturated carbocycles. The summed E-state index contributed by atoms with van der Waals surface area (Å²) in [5.74, 6) is 5.98. The maximum absolute atomic E-state index is 13.5. The first-order valence-corrected chi connectivity index (χ1v) is 47.4. The fourth-order valence-corrected chi connectivity index (χ4v) is 20.3. The van der Waals surface area contributed by atoms with Crippen molar-refractivity contribution in [1.82, 2.24) is 79.4 Å². The van der Waals surface area contributed by atoms with E-state index in [4.69, 9.17) is 15.0 Å². The van der Waals surface area contributed by atoms with Crippen LogP contribution in [0.1, 0.15) is 173 Å². The van der Waals surface area contributed by atoms with E-state index in [1.165, 1.54) is 110 Å². The number of hydrogen-bond donors (Lipinski definition) is 8. The molecule has 4 fully saturated rings. The first-order valence-electron chi connectivity index (χ1n) is 47.4. The van der Waals surface area contributed by atoms with Gasteiger partial charge in [-0.3, -0.25) is 38.8 Å². The number of aromatic amines is 8. The predicted molar refractivity (Wildman–Crippen MR) is 525 cm³/mol. The van der Waals surface area contributed by atoms with E-state index in [0.29, 0.717) is 68.1 Å². The van der Waals surface area contributed by atoms with Crippen molar-refractivity contribution in [2.45, 2.75) is 183 Å². The molecule has 0 spiro atoms. The zero-order valence-electron chi connectivity index (χ0n) is 76.5. The molecule has 0 aliphatic carbocycles. The Morgan fingerprint density at radius 1 is 0.338 bits per heavy atom. The van der Waals surface area contributed by atoms with Crippen molar-refractivity contribution < 1.29 is 19.2 Å². The number of hydrogen-bond acceptors (Lipinski definition) is 12. The third-order valence-corrected chi connectivity index (χ3v) is 28.1. The zero-order chi connectivity index (χ0) is 89.3. The summed E-state index contributed by atoms with van der Waals surface area (Å²) in [5, 5.41) is 5.21. The van der Waals surface area contributed by atoms with Crippen molar-refractivity contribution in [3.8, 4) is 0 Å². The minimum Gasteiger partial charge on any atom is -0.361 e. The lowest BCUT2D eigenvalue weighted by Gasteiger charge is -2.32. The van der Waals surface area contributed by atoms with Crippen LogP contribution in [0.3, 0.4) is 0 Å². The molecule has 0 radical (unpaired) electrons. The number of carbonyl (C=O) groups excluding carboxylic acids is 4. The number of ketones is 4. The molecule has 17 aromatic rings. The van der Waals surface area contributed by atoms with Gasteiger partial charge in [0.2, 0.25) is 0 Å². The highest BCUT2D eigenvalue weighted by atomic mass is 16.1. The largest absolute Gasteiger partial charge is 0.361 e. The quantitative estimate of drug-likeness (QED) is 0.0252. The second-order valence-corrected chi connectivity index (χ2v) is 37.8. The van der Waals surface area contributed by atoms with Crippen LogP contribution in [0.5, 0.6) is 0 Å². The first kappa shape index (κ1) is 88.2. The normalized spacial score (nSPS) is 15.8. The van der Waals surface area contributed by atoms with Gasteiger partial charge in [0.1, 0.15) is 46.4 Å². The average Bonchev–Trinajstić information content (AvgIpc) is 1.67. The van der Waals surface area contributed by atoms with Crippen molar-refractivity contribution in [3.05, 3.63) is 297 Å². The van der Waals surface area contributed by atoms with Crippen LogP contribution in [-0.4, -0.2) is 155 Å². The molecule has 1 unspecified atom stereocenters. The van der Waals surface area contributed by atoms with E-state index in [1.54, 1.807) is 0 Å². The van der Waals surface area contributed by atoms with E-state index in [-0.39, 0.29) is 29.6 Å². The lowest BCUT2D eigenvalue weighted by Crippen LogP contribution is -2.36. The topological polar surface area (TPSA) is 259 Å². The standard InChI is InChI=1S/C31H32N4O.C27H32N4O.2C26H30N4O/c36-30(24-13-16-35(17-14-24)21-23-10-11-27-25(19-23)12-15-32-27)20-26(18-22-6-2-1-3-7-22)31-33-28-8-4-5-9-29(28)34-31;1-17-4-5-23-22(12-17)21(15-28-23)16-31-10-8-20(9-11-31)26(32)6-7-27-29-24-13-18(2)19(3)14-25(24)30-27;1-17-3-5-22-21(13-17)20(15-27-22)16-30-11-9-19(10-12-30)25(31)7-8-26-28-23-6-4-18(2)14-24(23)29-26;1-17-6-7-22-21(14-17)20(15-27-22)16-30-12-10-19(11-13-30)24(31)8-9-25-28-23-5-3-4-18(2)26(23)29-25/h1-12,15,19,24,26,32H,13-14,16-18,20-21H2,(H,33,34);4-5,12-15,20,28H,6-11,16H2,1-3H3,(H,29,30);3-6,13-15,19,27H,7-12,16H2,1-2H3,(H,28,29);3-7,14-15,19,27H,8-13,16H2,1-2H3,(H,28,29). The van der Waals surface area contributed by atoms with Gasteiger partial charge in [0, 0.05) is 164 Å². The maximum atomic E-state index is 13.5. The Bertz CT molecular complexity index is 6740. The van der Waals surface area contributed by atoms with E-state index in [1.807, 2.05) is 48.7 Å². The predicted octanol–water partition coefficient (Wildman–Crippen LogP) is 21.8. The Morgan fingerprint density at radius 2 is 0.777 bits per heavy atom. The molecule has 0 bridgehead atoms. The number of imidazole rings is 4. The van der Waals surface area contributed by atoms with E-state index in [0.717, 1.165) is 204 Å². The number of nitrogens with zero attached hydrogens (tertiary/aromatic N) is 8. The number of nitrogens with one attached hydrogen (secondary N) is 8. The van der Waals surface area contributed by atoms with Crippen LogP contribution in [0.15, 0.2) is 207 Å². The van der Waals surface area contributed by atoms with Gasteiger partial charge in [-0.05, 0) is 311 Å². The van der Waals surface area contributed by atoms with Crippen LogP contribution in [0, 0.1) is 72.1 Å². The molecule has 4 aliphatic heterocycles. The first-order chi connectivity index (χ1) is 63.3. The van der Waals surface area contributed by atoms with Gasteiger partial charge in [0.05, 0.1) is 44.1 Å². The molecule has 9 aromatic carbocycles. The average molecular weight is 1730 g/mol. The van der Waals surface area contributed by atoms with E-state index in [9.17, 15) is 19.2 Å². The smallest absolute Gasteiger partial charge is 0.136 e. The Kier molecular flexibility index (Phi) is 27.3. The molecule has 12 heterocycles. The summed E-state index contributed by atoms with van der Waals surface area (Å²) in [7, 11) is 0. The number of rotatable bonds is 26. The lowest BCUT2D eigenvalue weighted by atomic mass is 9.85. The van der Waals surface area contributed by atoms with Crippen LogP contribution in [0.4, 0.5) is 0 Å². The summed E-state index contributed by atoms with van der Waals surface area (Å²) >= 11 is 0. The van der Waals surface area contributed by atoms with Crippen LogP contribution in [0.25, 0.3) is 87.7 Å².